The van der Waals surface area contributed by atoms with Crippen LogP contribution in [0.3, 0.4) is 0 Å². The standard InChI is InChI=1S/C11H13ClN2O4S2/c1-2-18-10(15)6-14-20(16,17)9-4-3-7(11(13)19)5-8(9)12/h3-5,14H,2,6H2,1H3,(H2,13,19). The zero-order valence-electron chi connectivity index (χ0n) is 10.6. The van der Waals surface area contributed by atoms with E-state index >= 15 is 0 Å². The third-order valence-electron chi connectivity index (χ3n) is 2.22. The van der Waals surface area contributed by atoms with Crippen LogP contribution in [0.1, 0.15) is 12.5 Å². The SMILES string of the molecule is CCOC(=O)CNS(=O)(=O)c1ccc(C(N)=S)cc1Cl. The van der Waals surface area contributed by atoms with Gasteiger partial charge in [-0.3, -0.25) is 4.79 Å². The van der Waals surface area contributed by atoms with E-state index in [1.54, 1.807) is 6.92 Å². The molecule has 6 nitrogen and oxygen atoms in total. The molecular formula is C11H13ClN2O4S2. The van der Waals surface area contributed by atoms with Gasteiger partial charge in [0.25, 0.3) is 0 Å². The van der Waals surface area contributed by atoms with Crippen LogP contribution in [0.15, 0.2) is 23.1 Å². The summed E-state index contributed by atoms with van der Waals surface area (Å²) in [6.07, 6.45) is 0. The van der Waals surface area contributed by atoms with E-state index in [1.165, 1.54) is 18.2 Å². The molecule has 1 aromatic rings. The van der Waals surface area contributed by atoms with Gasteiger partial charge >= 0.3 is 5.97 Å². The Hall–Kier alpha value is -1.22. The summed E-state index contributed by atoms with van der Waals surface area (Å²) in [6.45, 7) is 1.32. The number of halogens is 1. The fourth-order valence-electron chi connectivity index (χ4n) is 1.32. The maximum Gasteiger partial charge on any atom is 0.321 e. The lowest BCUT2D eigenvalue weighted by molar-refractivity contribution is -0.141. The Morgan fingerprint density at radius 2 is 2.15 bits per heavy atom. The Balaban J connectivity index is 2.93. The second kappa shape index (κ2) is 6.98. The van der Waals surface area contributed by atoms with Crippen molar-refractivity contribution in [2.75, 3.05) is 13.2 Å². The number of sulfonamides is 1. The summed E-state index contributed by atoms with van der Waals surface area (Å²) in [7, 11) is -3.91. The molecule has 0 aliphatic rings. The fraction of sp³-hybridized carbons (Fsp3) is 0.273. The molecule has 0 amide bonds. The second-order valence-electron chi connectivity index (χ2n) is 3.64. The first kappa shape index (κ1) is 16.8. The van der Waals surface area contributed by atoms with E-state index < -0.39 is 22.5 Å². The second-order valence-corrected chi connectivity index (χ2v) is 6.22. The van der Waals surface area contributed by atoms with Crippen molar-refractivity contribution in [3.8, 4) is 0 Å². The highest BCUT2D eigenvalue weighted by atomic mass is 35.5. The van der Waals surface area contributed by atoms with Gasteiger partial charge in [0.15, 0.2) is 0 Å². The fourth-order valence-corrected chi connectivity index (χ4v) is 2.95. The molecule has 0 bridgehead atoms. The molecule has 0 radical (unpaired) electrons. The number of carbonyl (C=O) groups is 1. The van der Waals surface area contributed by atoms with Gasteiger partial charge in [-0.05, 0) is 19.1 Å². The van der Waals surface area contributed by atoms with Crippen LogP contribution in [0.4, 0.5) is 0 Å². The van der Waals surface area contributed by atoms with E-state index in [2.05, 4.69) is 9.46 Å². The Morgan fingerprint density at radius 1 is 1.50 bits per heavy atom. The molecule has 9 heteroatoms. The molecule has 0 aliphatic carbocycles. The topological polar surface area (TPSA) is 98.5 Å². The van der Waals surface area contributed by atoms with Gasteiger partial charge < -0.3 is 10.5 Å². The molecule has 0 fully saturated rings. The molecule has 110 valence electrons. The summed E-state index contributed by atoms with van der Waals surface area (Å²) >= 11 is 10.6. The lowest BCUT2D eigenvalue weighted by atomic mass is 10.2. The lowest BCUT2D eigenvalue weighted by Crippen LogP contribution is -2.31. The average Bonchev–Trinajstić information content (AvgIpc) is 2.36. The highest BCUT2D eigenvalue weighted by Gasteiger charge is 2.19. The number of thiocarbonyl (C=S) groups is 1. The van der Waals surface area contributed by atoms with Crippen LogP contribution >= 0.6 is 23.8 Å². The highest BCUT2D eigenvalue weighted by Crippen LogP contribution is 2.22. The first-order valence-corrected chi connectivity index (χ1v) is 7.79. The van der Waals surface area contributed by atoms with Crippen molar-refractivity contribution in [3.63, 3.8) is 0 Å². The minimum absolute atomic E-state index is 0.0355. The van der Waals surface area contributed by atoms with Crippen molar-refractivity contribution >= 4 is 44.8 Å². The quantitative estimate of drug-likeness (QED) is 0.589. The highest BCUT2D eigenvalue weighted by molar-refractivity contribution is 7.89. The largest absolute Gasteiger partial charge is 0.465 e. The van der Waals surface area contributed by atoms with Crippen LogP contribution in [0.5, 0.6) is 0 Å². The van der Waals surface area contributed by atoms with Crippen LogP contribution in [0, 0.1) is 0 Å². The van der Waals surface area contributed by atoms with Crippen LogP contribution in [0.25, 0.3) is 0 Å². The molecule has 0 spiro atoms. The van der Waals surface area contributed by atoms with Crippen molar-refractivity contribution in [3.05, 3.63) is 28.8 Å². The molecule has 0 saturated heterocycles. The summed E-state index contributed by atoms with van der Waals surface area (Å²) in [6, 6.07) is 4.06. The minimum atomic E-state index is -3.91. The predicted octanol–water partition coefficient (Wildman–Crippen LogP) is 0.816. The Bertz CT molecular complexity index is 631. The lowest BCUT2D eigenvalue weighted by Gasteiger charge is -2.09. The molecule has 1 aromatic carbocycles. The molecule has 0 atom stereocenters. The van der Waals surface area contributed by atoms with Crippen molar-refractivity contribution in [1.82, 2.24) is 4.72 Å². The van der Waals surface area contributed by atoms with Crippen molar-refractivity contribution in [1.29, 1.82) is 0 Å². The van der Waals surface area contributed by atoms with Crippen molar-refractivity contribution in [2.45, 2.75) is 11.8 Å². The summed E-state index contributed by atoms with van der Waals surface area (Å²) < 4.78 is 30.7. The summed E-state index contributed by atoms with van der Waals surface area (Å²) in [5, 5.41) is -0.0355. The van der Waals surface area contributed by atoms with Crippen molar-refractivity contribution < 1.29 is 17.9 Å². The number of nitrogens with two attached hydrogens (primary N) is 1. The van der Waals surface area contributed by atoms with E-state index in [9.17, 15) is 13.2 Å². The zero-order chi connectivity index (χ0) is 15.3. The van der Waals surface area contributed by atoms with E-state index in [1.807, 2.05) is 0 Å². The van der Waals surface area contributed by atoms with Gasteiger partial charge in [-0.2, -0.15) is 4.72 Å². The Labute approximate surface area is 127 Å². The average molecular weight is 337 g/mol. The molecule has 0 saturated carbocycles. The predicted molar refractivity (Wildman–Crippen MR) is 79.2 cm³/mol. The van der Waals surface area contributed by atoms with E-state index in [4.69, 9.17) is 29.6 Å². The van der Waals surface area contributed by atoms with Gasteiger partial charge in [-0.1, -0.05) is 29.9 Å². The number of hydrogen-bond acceptors (Lipinski definition) is 5. The zero-order valence-corrected chi connectivity index (χ0v) is 12.9. The van der Waals surface area contributed by atoms with E-state index in [0.29, 0.717) is 5.56 Å². The van der Waals surface area contributed by atoms with Gasteiger partial charge in [0.1, 0.15) is 16.4 Å². The maximum absolute atomic E-state index is 12.0. The third-order valence-corrected chi connectivity index (χ3v) is 4.34. The molecule has 3 N–H and O–H groups in total. The number of ether oxygens (including phenoxy) is 1. The molecular weight excluding hydrogens is 324 g/mol. The van der Waals surface area contributed by atoms with Crippen LogP contribution in [-0.4, -0.2) is 32.5 Å². The molecule has 0 heterocycles. The maximum atomic E-state index is 12.0. The molecule has 0 aliphatic heterocycles. The van der Waals surface area contributed by atoms with E-state index in [0.717, 1.165) is 0 Å². The third kappa shape index (κ3) is 4.41. The number of benzene rings is 1. The monoisotopic (exact) mass is 336 g/mol. The number of esters is 1. The summed E-state index contributed by atoms with van der Waals surface area (Å²) in [5.74, 6) is -0.674. The first-order chi connectivity index (χ1) is 9.27. The van der Waals surface area contributed by atoms with Crippen LogP contribution < -0.4 is 10.5 Å². The smallest absolute Gasteiger partial charge is 0.321 e. The summed E-state index contributed by atoms with van der Waals surface area (Å²) in [4.78, 5) is 11.1. The number of nitrogens with one attached hydrogen (secondary N) is 1. The van der Waals surface area contributed by atoms with Gasteiger partial charge in [-0.25, -0.2) is 8.42 Å². The Kier molecular flexibility index (Phi) is 5.88. The van der Waals surface area contributed by atoms with Crippen LogP contribution in [0.2, 0.25) is 5.02 Å². The van der Waals surface area contributed by atoms with E-state index in [-0.39, 0.29) is 21.5 Å². The minimum Gasteiger partial charge on any atom is -0.465 e. The molecule has 0 unspecified atom stereocenters. The van der Waals surface area contributed by atoms with Crippen LogP contribution in [-0.2, 0) is 19.6 Å². The number of carbonyl (C=O) groups excluding carboxylic acids is 1. The van der Waals surface area contributed by atoms with Gasteiger partial charge in [-0.15, -0.1) is 0 Å². The number of hydrogen-bond donors (Lipinski definition) is 2. The normalized spacial score (nSPS) is 11.1. The van der Waals surface area contributed by atoms with Gasteiger partial charge in [0.2, 0.25) is 10.0 Å². The molecule has 20 heavy (non-hydrogen) atoms. The number of rotatable bonds is 6. The van der Waals surface area contributed by atoms with Gasteiger partial charge in [0, 0.05) is 5.56 Å². The van der Waals surface area contributed by atoms with Crippen molar-refractivity contribution in [2.24, 2.45) is 5.73 Å². The van der Waals surface area contributed by atoms with Gasteiger partial charge in [0.05, 0.1) is 11.6 Å². The molecule has 1 rings (SSSR count). The Morgan fingerprint density at radius 3 is 2.65 bits per heavy atom. The first-order valence-electron chi connectivity index (χ1n) is 5.52. The summed E-state index contributed by atoms with van der Waals surface area (Å²) in [5.41, 5.74) is 5.87. The molecule has 0 aromatic heterocycles.